The summed E-state index contributed by atoms with van der Waals surface area (Å²) in [6, 6.07) is 8.19. The van der Waals surface area contributed by atoms with Gasteiger partial charge in [0.2, 0.25) is 0 Å². The van der Waals surface area contributed by atoms with Crippen LogP contribution in [0.1, 0.15) is 37.2 Å². The van der Waals surface area contributed by atoms with Crippen molar-refractivity contribution in [3.05, 3.63) is 36.1 Å². The van der Waals surface area contributed by atoms with Crippen LogP contribution in [0.5, 0.6) is 0 Å². The second-order valence-corrected chi connectivity index (χ2v) is 4.69. The van der Waals surface area contributed by atoms with Crippen LogP contribution in [-0.2, 0) is 0 Å². The zero-order chi connectivity index (χ0) is 11.0. The molecule has 2 nitrogen and oxygen atoms in total. The molecule has 0 bridgehead atoms. The second-order valence-electron chi connectivity index (χ2n) is 4.69. The highest BCUT2D eigenvalue weighted by Gasteiger charge is 2.23. The third-order valence-corrected chi connectivity index (χ3v) is 3.65. The van der Waals surface area contributed by atoms with Crippen LogP contribution in [0.3, 0.4) is 0 Å². The molecule has 0 aliphatic heterocycles. The minimum atomic E-state index is -0.0885. The number of aliphatic hydroxyl groups excluding tert-OH is 1. The van der Waals surface area contributed by atoms with E-state index in [0.29, 0.717) is 5.92 Å². The molecule has 1 aliphatic carbocycles. The molecule has 16 heavy (non-hydrogen) atoms. The second kappa shape index (κ2) is 3.95. The summed E-state index contributed by atoms with van der Waals surface area (Å²) in [7, 11) is 0. The summed E-state index contributed by atoms with van der Waals surface area (Å²) in [6.45, 7) is 0. The van der Waals surface area contributed by atoms with Crippen molar-refractivity contribution in [1.29, 1.82) is 0 Å². The van der Waals surface area contributed by atoms with Gasteiger partial charge in [0.05, 0.1) is 12.4 Å². The first-order chi connectivity index (χ1) is 7.84. The Labute approximate surface area is 94.9 Å². The molecular weight excluding hydrogens is 200 g/mol. The summed E-state index contributed by atoms with van der Waals surface area (Å²) in [5.41, 5.74) is 2.30. The Morgan fingerprint density at radius 3 is 2.62 bits per heavy atom. The molecule has 0 unspecified atom stereocenters. The molecule has 0 spiro atoms. The van der Waals surface area contributed by atoms with Crippen LogP contribution < -0.4 is 0 Å². The molecule has 1 saturated carbocycles. The van der Waals surface area contributed by atoms with E-state index < -0.39 is 0 Å². The van der Waals surface area contributed by atoms with Crippen molar-refractivity contribution in [2.75, 3.05) is 0 Å². The zero-order valence-corrected chi connectivity index (χ0v) is 9.23. The van der Waals surface area contributed by atoms with Crippen molar-refractivity contribution < 1.29 is 9.52 Å². The minimum Gasteiger partial charge on any atom is -0.464 e. The Bertz CT molecular complexity index is 478. The lowest BCUT2D eigenvalue weighted by atomic mass is 9.83. The highest BCUT2D eigenvalue weighted by Crippen LogP contribution is 2.37. The van der Waals surface area contributed by atoms with E-state index in [4.69, 9.17) is 4.42 Å². The third-order valence-electron chi connectivity index (χ3n) is 3.65. The van der Waals surface area contributed by atoms with Crippen molar-refractivity contribution in [3.63, 3.8) is 0 Å². The Morgan fingerprint density at radius 1 is 1.06 bits per heavy atom. The summed E-state index contributed by atoms with van der Waals surface area (Å²) in [5, 5.41) is 10.8. The van der Waals surface area contributed by atoms with Crippen molar-refractivity contribution >= 4 is 11.0 Å². The predicted octanol–water partition coefficient (Wildman–Crippen LogP) is 3.45. The normalized spacial score (nSPS) is 26.1. The number of fused-ring (bicyclic) bond motifs is 1. The van der Waals surface area contributed by atoms with Crippen LogP contribution in [0.2, 0.25) is 0 Å². The van der Waals surface area contributed by atoms with Gasteiger partial charge in [-0.2, -0.15) is 0 Å². The van der Waals surface area contributed by atoms with E-state index in [1.165, 1.54) is 10.9 Å². The van der Waals surface area contributed by atoms with Gasteiger partial charge in [-0.3, -0.25) is 0 Å². The number of benzene rings is 1. The molecule has 0 radical (unpaired) electrons. The number of hydrogen-bond acceptors (Lipinski definition) is 2. The van der Waals surface area contributed by atoms with Crippen molar-refractivity contribution in [3.8, 4) is 0 Å². The maximum absolute atomic E-state index is 9.51. The first-order valence-electron chi connectivity index (χ1n) is 5.99. The highest BCUT2D eigenvalue weighted by atomic mass is 16.3. The minimum absolute atomic E-state index is 0.0885. The predicted molar refractivity (Wildman–Crippen MR) is 63.4 cm³/mol. The smallest absolute Gasteiger partial charge is 0.134 e. The van der Waals surface area contributed by atoms with Gasteiger partial charge in [0.1, 0.15) is 5.58 Å². The topological polar surface area (TPSA) is 33.4 Å². The fraction of sp³-hybridized carbons (Fsp3) is 0.429. The molecular formula is C14H16O2. The Hall–Kier alpha value is -1.28. The van der Waals surface area contributed by atoms with Gasteiger partial charge in [-0.15, -0.1) is 0 Å². The molecule has 0 saturated heterocycles. The molecule has 0 amide bonds. The van der Waals surface area contributed by atoms with E-state index in [0.717, 1.165) is 31.3 Å². The fourth-order valence-electron chi connectivity index (χ4n) is 2.70. The number of rotatable bonds is 1. The van der Waals surface area contributed by atoms with Crippen molar-refractivity contribution in [2.24, 2.45) is 0 Å². The van der Waals surface area contributed by atoms with Crippen LogP contribution >= 0.6 is 0 Å². The monoisotopic (exact) mass is 216 g/mol. The Morgan fingerprint density at radius 2 is 1.81 bits per heavy atom. The largest absolute Gasteiger partial charge is 0.464 e. The summed E-state index contributed by atoms with van der Waals surface area (Å²) < 4.78 is 5.57. The lowest BCUT2D eigenvalue weighted by Gasteiger charge is -2.24. The van der Waals surface area contributed by atoms with Gasteiger partial charge < -0.3 is 9.52 Å². The van der Waals surface area contributed by atoms with Gasteiger partial charge in [0, 0.05) is 10.9 Å². The Kier molecular flexibility index (Phi) is 2.44. The molecule has 84 valence electrons. The average molecular weight is 216 g/mol. The summed E-state index contributed by atoms with van der Waals surface area (Å²) >= 11 is 0. The Balaban J connectivity index is 1.94. The maximum Gasteiger partial charge on any atom is 0.134 e. The van der Waals surface area contributed by atoms with Crippen molar-refractivity contribution in [2.45, 2.75) is 37.7 Å². The van der Waals surface area contributed by atoms with Crippen LogP contribution in [0, 0.1) is 0 Å². The van der Waals surface area contributed by atoms with Gasteiger partial charge in [0.15, 0.2) is 0 Å². The molecule has 1 aliphatic rings. The van der Waals surface area contributed by atoms with E-state index in [-0.39, 0.29) is 6.10 Å². The number of para-hydroxylation sites is 1. The van der Waals surface area contributed by atoms with E-state index >= 15 is 0 Å². The van der Waals surface area contributed by atoms with E-state index in [9.17, 15) is 5.11 Å². The molecule has 1 N–H and O–H groups in total. The van der Waals surface area contributed by atoms with Gasteiger partial charge in [-0.25, -0.2) is 0 Å². The molecule has 1 fully saturated rings. The fourth-order valence-corrected chi connectivity index (χ4v) is 2.70. The van der Waals surface area contributed by atoms with E-state index in [1.54, 1.807) is 0 Å². The first-order valence-corrected chi connectivity index (χ1v) is 5.99. The summed E-state index contributed by atoms with van der Waals surface area (Å²) in [5.74, 6) is 0.562. The lowest BCUT2D eigenvalue weighted by Crippen LogP contribution is -2.16. The SMILES string of the molecule is OC1CCC(c2coc3ccccc23)CC1. The molecule has 1 heterocycles. The molecule has 3 rings (SSSR count). The van der Waals surface area contributed by atoms with Gasteiger partial charge in [0.25, 0.3) is 0 Å². The molecule has 2 heteroatoms. The standard InChI is InChI=1S/C14H16O2/c15-11-7-5-10(6-8-11)13-9-16-14-4-2-1-3-12(13)14/h1-4,9-11,15H,5-8H2. The summed E-state index contributed by atoms with van der Waals surface area (Å²) in [4.78, 5) is 0. The summed E-state index contributed by atoms with van der Waals surface area (Å²) in [6.07, 6.45) is 5.80. The van der Waals surface area contributed by atoms with Crippen LogP contribution in [0.15, 0.2) is 34.9 Å². The number of furan rings is 1. The molecule has 1 aromatic heterocycles. The molecule has 2 aromatic rings. The number of aliphatic hydroxyl groups is 1. The zero-order valence-electron chi connectivity index (χ0n) is 9.23. The lowest BCUT2D eigenvalue weighted by molar-refractivity contribution is 0.122. The van der Waals surface area contributed by atoms with E-state index in [2.05, 4.69) is 12.1 Å². The molecule has 1 aromatic carbocycles. The quantitative estimate of drug-likeness (QED) is 0.792. The number of hydrogen-bond donors (Lipinski definition) is 1. The highest BCUT2D eigenvalue weighted by molar-refractivity contribution is 5.81. The van der Waals surface area contributed by atoms with E-state index in [1.807, 2.05) is 18.4 Å². The maximum atomic E-state index is 9.51. The van der Waals surface area contributed by atoms with Crippen molar-refractivity contribution in [1.82, 2.24) is 0 Å². The van der Waals surface area contributed by atoms with Crippen LogP contribution in [0.4, 0.5) is 0 Å². The van der Waals surface area contributed by atoms with Gasteiger partial charge in [-0.05, 0) is 37.7 Å². The average Bonchev–Trinajstić information content (AvgIpc) is 2.74. The third kappa shape index (κ3) is 1.63. The van der Waals surface area contributed by atoms with Crippen LogP contribution in [0.25, 0.3) is 11.0 Å². The first kappa shape index (κ1) is 9.91. The van der Waals surface area contributed by atoms with Crippen LogP contribution in [-0.4, -0.2) is 11.2 Å². The molecule has 0 atom stereocenters. The van der Waals surface area contributed by atoms with Gasteiger partial charge in [-0.1, -0.05) is 18.2 Å². The van der Waals surface area contributed by atoms with Gasteiger partial charge >= 0.3 is 0 Å².